The maximum atomic E-state index is 11.5. The van der Waals surface area contributed by atoms with Crippen LogP contribution in [-0.4, -0.2) is 34.4 Å². The van der Waals surface area contributed by atoms with Crippen LogP contribution in [0.25, 0.3) is 6.08 Å². The minimum absolute atomic E-state index is 0.136. The quantitative estimate of drug-likeness (QED) is 0.576. The Labute approximate surface area is 145 Å². The first-order valence-corrected chi connectivity index (χ1v) is 8.69. The van der Waals surface area contributed by atoms with E-state index in [0.717, 1.165) is 36.1 Å². The van der Waals surface area contributed by atoms with Crippen molar-refractivity contribution in [3.63, 3.8) is 0 Å². The standard InChI is InChI=1S/C17H21N3O3S/c1-4-15-18-19-17(23-15)24-14(16(21)22)11-12-7-9-13(10-8-12)20(5-2)6-3/h7-11H,4-6H2,1-3H3,(H,21,22)/b14-11+. The van der Waals surface area contributed by atoms with Crippen LogP contribution >= 0.6 is 11.8 Å². The molecule has 0 radical (unpaired) electrons. The van der Waals surface area contributed by atoms with Crippen molar-refractivity contribution in [2.24, 2.45) is 0 Å². The lowest BCUT2D eigenvalue weighted by molar-refractivity contribution is -0.131. The molecule has 0 saturated carbocycles. The van der Waals surface area contributed by atoms with Gasteiger partial charge in [0.25, 0.3) is 5.22 Å². The van der Waals surface area contributed by atoms with Gasteiger partial charge in [0.05, 0.1) is 0 Å². The molecule has 24 heavy (non-hydrogen) atoms. The number of rotatable bonds is 8. The van der Waals surface area contributed by atoms with Gasteiger partial charge in [-0.05, 0) is 49.4 Å². The van der Waals surface area contributed by atoms with Crippen molar-refractivity contribution in [1.29, 1.82) is 0 Å². The molecule has 0 unspecified atom stereocenters. The number of aliphatic carboxylic acids is 1. The van der Waals surface area contributed by atoms with Gasteiger partial charge < -0.3 is 14.4 Å². The van der Waals surface area contributed by atoms with Gasteiger partial charge in [-0.15, -0.1) is 10.2 Å². The van der Waals surface area contributed by atoms with Crippen LogP contribution in [0.4, 0.5) is 5.69 Å². The Bertz CT molecular complexity index is 706. The summed E-state index contributed by atoms with van der Waals surface area (Å²) in [5.41, 5.74) is 1.93. The Morgan fingerprint density at radius 3 is 2.38 bits per heavy atom. The van der Waals surface area contributed by atoms with E-state index in [2.05, 4.69) is 28.9 Å². The molecule has 0 fully saturated rings. The highest BCUT2D eigenvalue weighted by molar-refractivity contribution is 8.03. The average Bonchev–Trinajstić information content (AvgIpc) is 3.04. The number of benzene rings is 1. The monoisotopic (exact) mass is 347 g/mol. The summed E-state index contributed by atoms with van der Waals surface area (Å²) in [6.45, 7) is 7.96. The Balaban J connectivity index is 2.19. The molecule has 1 aromatic heterocycles. The number of carboxylic acid groups (broad SMARTS) is 1. The predicted octanol–water partition coefficient (Wildman–Crippen LogP) is 3.70. The second-order valence-corrected chi connectivity index (χ2v) is 5.99. The number of hydrogen-bond acceptors (Lipinski definition) is 6. The molecule has 0 bridgehead atoms. The molecule has 7 heteroatoms. The Kier molecular flexibility index (Phi) is 6.43. The zero-order chi connectivity index (χ0) is 17.5. The summed E-state index contributed by atoms with van der Waals surface area (Å²) in [7, 11) is 0. The van der Waals surface area contributed by atoms with Crippen LogP contribution in [0.3, 0.4) is 0 Å². The van der Waals surface area contributed by atoms with E-state index >= 15 is 0 Å². The molecule has 0 aliphatic heterocycles. The van der Waals surface area contributed by atoms with Crippen LogP contribution in [0.2, 0.25) is 0 Å². The van der Waals surface area contributed by atoms with Crippen LogP contribution in [0.5, 0.6) is 0 Å². The van der Waals surface area contributed by atoms with Gasteiger partial charge in [0, 0.05) is 25.2 Å². The van der Waals surface area contributed by atoms with Gasteiger partial charge in [-0.1, -0.05) is 19.1 Å². The molecular weight excluding hydrogens is 326 g/mol. The molecule has 6 nitrogen and oxygen atoms in total. The largest absolute Gasteiger partial charge is 0.477 e. The van der Waals surface area contributed by atoms with Gasteiger partial charge >= 0.3 is 5.97 Å². The Morgan fingerprint density at radius 1 is 1.21 bits per heavy atom. The van der Waals surface area contributed by atoms with Crippen LogP contribution in [0, 0.1) is 0 Å². The summed E-state index contributed by atoms with van der Waals surface area (Å²) in [6.07, 6.45) is 2.22. The Morgan fingerprint density at radius 2 is 1.88 bits per heavy atom. The van der Waals surface area contributed by atoms with E-state index in [1.54, 1.807) is 6.08 Å². The van der Waals surface area contributed by atoms with E-state index in [1.807, 2.05) is 31.2 Å². The van der Waals surface area contributed by atoms with Gasteiger partial charge in [-0.25, -0.2) is 4.79 Å². The van der Waals surface area contributed by atoms with Gasteiger partial charge in [-0.2, -0.15) is 0 Å². The SMILES string of the molecule is CCc1nnc(S/C(=C/c2ccc(N(CC)CC)cc2)C(=O)O)o1. The number of anilines is 1. The van der Waals surface area contributed by atoms with Crippen molar-refractivity contribution in [2.45, 2.75) is 32.4 Å². The lowest BCUT2D eigenvalue weighted by Gasteiger charge is -2.20. The molecule has 0 spiro atoms. The van der Waals surface area contributed by atoms with Crippen LogP contribution < -0.4 is 4.90 Å². The van der Waals surface area contributed by atoms with Crippen LogP contribution in [0.15, 0.2) is 38.8 Å². The number of nitrogens with zero attached hydrogens (tertiary/aromatic N) is 3. The number of aromatic nitrogens is 2. The van der Waals surface area contributed by atoms with E-state index < -0.39 is 5.97 Å². The van der Waals surface area contributed by atoms with E-state index in [9.17, 15) is 9.90 Å². The fourth-order valence-electron chi connectivity index (χ4n) is 2.17. The number of carbonyl (C=O) groups is 1. The molecule has 0 atom stereocenters. The fraction of sp³-hybridized carbons (Fsp3) is 0.353. The van der Waals surface area contributed by atoms with Gasteiger partial charge in [-0.3, -0.25) is 0 Å². The van der Waals surface area contributed by atoms with Crippen molar-refractivity contribution < 1.29 is 14.3 Å². The molecule has 128 valence electrons. The van der Waals surface area contributed by atoms with E-state index in [4.69, 9.17) is 4.42 Å². The molecule has 2 aromatic rings. The highest BCUT2D eigenvalue weighted by atomic mass is 32.2. The zero-order valence-corrected chi connectivity index (χ0v) is 14.8. The third kappa shape index (κ3) is 4.61. The Hall–Kier alpha value is -2.28. The van der Waals surface area contributed by atoms with Gasteiger partial charge in [0.2, 0.25) is 5.89 Å². The summed E-state index contributed by atoms with van der Waals surface area (Å²) in [5.74, 6) is -0.533. The van der Waals surface area contributed by atoms with Crippen LogP contribution in [-0.2, 0) is 11.2 Å². The number of hydrogen-bond donors (Lipinski definition) is 1. The maximum Gasteiger partial charge on any atom is 0.342 e. The molecule has 0 amide bonds. The van der Waals surface area contributed by atoms with Crippen molar-refractivity contribution >= 4 is 29.5 Å². The fourth-order valence-corrected chi connectivity index (χ4v) is 2.86. The van der Waals surface area contributed by atoms with E-state index in [1.165, 1.54) is 0 Å². The van der Waals surface area contributed by atoms with E-state index in [-0.39, 0.29) is 10.1 Å². The molecule has 0 aliphatic carbocycles. The first-order chi connectivity index (χ1) is 11.6. The van der Waals surface area contributed by atoms with Crippen LogP contribution in [0.1, 0.15) is 32.2 Å². The van der Waals surface area contributed by atoms with Gasteiger partial charge in [0.1, 0.15) is 4.91 Å². The lowest BCUT2D eigenvalue weighted by Crippen LogP contribution is -2.21. The molecule has 1 heterocycles. The number of aryl methyl sites for hydroxylation is 1. The van der Waals surface area contributed by atoms with Gasteiger partial charge in [0.15, 0.2) is 0 Å². The summed E-state index contributed by atoms with van der Waals surface area (Å²) in [5, 5.41) is 17.3. The normalized spacial score (nSPS) is 11.5. The first-order valence-electron chi connectivity index (χ1n) is 7.87. The highest BCUT2D eigenvalue weighted by Gasteiger charge is 2.14. The first kappa shape index (κ1) is 18.1. The average molecular weight is 347 g/mol. The summed E-state index contributed by atoms with van der Waals surface area (Å²) >= 11 is 0.958. The van der Waals surface area contributed by atoms with Crippen molar-refractivity contribution in [2.75, 3.05) is 18.0 Å². The smallest absolute Gasteiger partial charge is 0.342 e. The predicted molar refractivity (Wildman–Crippen MR) is 95.1 cm³/mol. The number of carboxylic acids is 1. The second kappa shape index (κ2) is 8.54. The number of thioether (sulfide) groups is 1. The van der Waals surface area contributed by atoms with E-state index in [0.29, 0.717) is 12.3 Å². The second-order valence-electron chi connectivity index (χ2n) is 4.99. The zero-order valence-electron chi connectivity index (χ0n) is 14.0. The molecule has 0 aliphatic rings. The lowest BCUT2D eigenvalue weighted by atomic mass is 10.2. The summed E-state index contributed by atoms with van der Waals surface area (Å²) in [6, 6.07) is 7.79. The molecular formula is C17H21N3O3S. The molecule has 1 N–H and O–H groups in total. The summed E-state index contributed by atoms with van der Waals surface area (Å²) in [4.78, 5) is 13.8. The van der Waals surface area contributed by atoms with Crippen molar-refractivity contribution in [3.8, 4) is 0 Å². The maximum absolute atomic E-state index is 11.5. The highest BCUT2D eigenvalue weighted by Crippen LogP contribution is 2.28. The van der Waals surface area contributed by atoms with Crippen molar-refractivity contribution in [1.82, 2.24) is 10.2 Å². The third-order valence-corrected chi connectivity index (χ3v) is 4.33. The minimum atomic E-state index is -1.02. The molecule has 2 rings (SSSR count). The molecule has 1 aromatic carbocycles. The van der Waals surface area contributed by atoms with Crippen molar-refractivity contribution in [3.05, 3.63) is 40.6 Å². The third-order valence-electron chi connectivity index (χ3n) is 3.48. The molecule has 0 saturated heterocycles. The summed E-state index contributed by atoms with van der Waals surface area (Å²) < 4.78 is 5.36. The topological polar surface area (TPSA) is 79.5 Å². The minimum Gasteiger partial charge on any atom is -0.477 e.